The molecule has 0 aliphatic carbocycles. The molecule has 0 fully saturated rings. The smallest absolute Gasteiger partial charge is 0.237 e. The third-order valence-electron chi connectivity index (χ3n) is 3.52. The monoisotopic (exact) mass is 397 g/mol. The summed E-state index contributed by atoms with van der Waals surface area (Å²) in [4.78, 5) is 16.1. The molecule has 1 aromatic carbocycles. The summed E-state index contributed by atoms with van der Waals surface area (Å²) in [5.41, 5.74) is 6.74. The molecule has 0 aliphatic heterocycles. The lowest BCUT2D eigenvalue weighted by Crippen LogP contribution is -2.40. The van der Waals surface area contributed by atoms with E-state index in [2.05, 4.69) is 10.3 Å². The molecule has 0 saturated carbocycles. The maximum Gasteiger partial charge on any atom is 0.237 e. The van der Waals surface area contributed by atoms with Gasteiger partial charge in [-0.1, -0.05) is 0 Å². The first kappa shape index (κ1) is 22.1. The molecule has 0 radical (unpaired) electrons. The average molecular weight is 398 g/mol. The highest BCUT2D eigenvalue weighted by Crippen LogP contribution is 2.22. The lowest BCUT2D eigenvalue weighted by Gasteiger charge is -2.12. The van der Waals surface area contributed by atoms with E-state index < -0.39 is 6.04 Å². The third-order valence-corrected chi connectivity index (χ3v) is 4.16. The number of rotatable bonds is 9. The van der Waals surface area contributed by atoms with Gasteiger partial charge in [-0.2, -0.15) is 11.8 Å². The number of ether oxygens (including phenoxy) is 2. The van der Waals surface area contributed by atoms with Gasteiger partial charge in [0.1, 0.15) is 11.5 Å². The largest absolute Gasteiger partial charge is 0.497 e. The zero-order chi connectivity index (χ0) is 18.1. The van der Waals surface area contributed by atoms with Crippen LogP contribution in [0.2, 0.25) is 0 Å². The van der Waals surface area contributed by atoms with Gasteiger partial charge in [0.2, 0.25) is 11.8 Å². The van der Waals surface area contributed by atoms with E-state index in [-0.39, 0.29) is 18.3 Å². The van der Waals surface area contributed by atoms with Crippen molar-refractivity contribution in [1.29, 1.82) is 0 Å². The van der Waals surface area contributed by atoms with Gasteiger partial charge in [0.15, 0.2) is 0 Å². The minimum absolute atomic E-state index is 0. The molecule has 1 aromatic heterocycles. The number of halogens is 1. The van der Waals surface area contributed by atoms with Crippen molar-refractivity contribution >= 4 is 30.1 Å². The molecule has 142 valence electrons. The van der Waals surface area contributed by atoms with Gasteiger partial charge in [-0.15, -0.1) is 12.4 Å². The first-order valence-corrected chi connectivity index (χ1v) is 9.31. The van der Waals surface area contributed by atoms with Gasteiger partial charge in [-0.25, -0.2) is 4.98 Å². The van der Waals surface area contributed by atoms with Crippen LogP contribution in [0.4, 0.5) is 0 Å². The number of nitrogens with one attached hydrogen (secondary N) is 1. The maximum absolute atomic E-state index is 12.0. The van der Waals surface area contributed by atoms with Crippen molar-refractivity contribution in [3.05, 3.63) is 48.2 Å². The fourth-order valence-corrected chi connectivity index (χ4v) is 2.57. The Morgan fingerprint density at radius 1 is 1.27 bits per heavy atom. The van der Waals surface area contributed by atoms with Crippen molar-refractivity contribution in [2.75, 3.05) is 19.1 Å². The van der Waals surface area contributed by atoms with E-state index in [4.69, 9.17) is 15.2 Å². The highest BCUT2D eigenvalue weighted by atomic mass is 35.5. The predicted molar refractivity (Wildman–Crippen MR) is 107 cm³/mol. The lowest BCUT2D eigenvalue weighted by molar-refractivity contribution is -0.122. The van der Waals surface area contributed by atoms with Crippen LogP contribution >= 0.6 is 24.2 Å². The Morgan fingerprint density at radius 2 is 1.96 bits per heavy atom. The molecule has 0 saturated heterocycles. The molecule has 26 heavy (non-hydrogen) atoms. The second kappa shape index (κ2) is 11.6. The van der Waals surface area contributed by atoms with E-state index in [1.807, 2.05) is 24.5 Å². The van der Waals surface area contributed by atoms with Gasteiger partial charge < -0.3 is 20.5 Å². The van der Waals surface area contributed by atoms with Crippen molar-refractivity contribution in [3.8, 4) is 17.4 Å². The summed E-state index contributed by atoms with van der Waals surface area (Å²) in [5, 5.41) is 2.84. The summed E-state index contributed by atoms with van der Waals surface area (Å²) in [6.07, 6.45) is 4.30. The fourth-order valence-electron chi connectivity index (χ4n) is 2.08. The van der Waals surface area contributed by atoms with E-state index in [1.165, 1.54) is 0 Å². The Balaban J connectivity index is 0.00000338. The number of hydrogen-bond acceptors (Lipinski definition) is 6. The van der Waals surface area contributed by atoms with Crippen LogP contribution in [0.1, 0.15) is 12.0 Å². The summed E-state index contributed by atoms with van der Waals surface area (Å²) in [7, 11) is 1.61. The highest BCUT2D eigenvalue weighted by molar-refractivity contribution is 7.98. The van der Waals surface area contributed by atoms with Crippen LogP contribution in [0, 0.1) is 0 Å². The summed E-state index contributed by atoms with van der Waals surface area (Å²) >= 11 is 1.67. The van der Waals surface area contributed by atoms with E-state index in [9.17, 15) is 4.79 Å². The topological polar surface area (TPSA) is 86.5 Å². The molecule has 0 bridgehead atoms. The summed E-state index contributed by atoms with van der Waals surface area (Å²) in [5.74, 6) is 2.60. The second-order valence-corrected chi connectivity index (χ2v) is 6.37. The number of benzene rings is 1. The molecule has 2 aromatic rings. The lowest BCUT2D eigenvalue weighted by atomic mass is 10.2. The zero-order valence-corrected chi connectivity index (χ0v) is 16.4. The van der Waals surface area contributed by atoms with Crippen LogP contribution in [-0.2, 0) is 11.3 Å². The van der Waals surface area contributed by atoms with Crippen molar-refractivity contribution in [1.82, 2.24) is 10.3 Å². The van der Waals surface area contributed by atoms with Gasteiger partial charge >= 0.3 is 0 Å². The number of carbonyl (C=O) groups is 1. The van der Waals surface area contributed by atoms with E-state index in [0.29, 0.717) is 24.6 Å². The number of nitrogens with zero attached hydrogens (tertiary/aromatic N) is 1. The number of amides is 1. The zero-order valence-electron chi connectivity index (χ0n) is 14.8. The molecule has 1 heterocycles. The second-order valence-electron chi connectivity index (χ2n) is 5.39. The predicted octanol–water partition coefficient (Wildman–Crippen LogP) is 3.00. The molecule has 0 spiro atoms. The number of thioether (sulfide) groups is 1. The van der Waals surface area contributed by atoms with Gasteiger partial charge in [0.05, 0.1) is 13.2 Å². The number of carbonyl (C=O) groups excluding carboxylic acids is 1. The number of pyridine rings is 1. The molecule has 1 atom stereocenters. The number of nitrogens with two attached hydrogens (primary N) is 1. The summed E-state index contributed by atoms with van der Waals surface area (Å²) in [6.45, 7) is 0.382. The Kier molecular flexibility index (Phi) is 9.87. The Hall–Kier alpha value is -1.96. The molecule has 1 amide bonds. The normalized spacial score (nSPS) is 11.2. The highest BCUT2D eigenvalue weighted by Gasteiger charge is 2.12. The Bertz CT molecular complexity index is 686. The molecule has 8 heteroatoms. The van der Waals surface area contributed by atoms with Gasteiger partial charge in [0.25, 0.3) is 0 Å². The minimum atomic E-state index is -0.482. The SMILES string of the molecule is COc1ccc(Oc2cc(CNC(=O)[C@@H](N)CCSC)ccn2)cc1.Cl. The molecular formula is C18H24ClN3O3S. The van der Waals surface area contributed by atoms with Crippen LogP contribution in [0.3, 0.4) is 0 Å². The molecule has 3 N–H and O–H groups in total. The van der Waals surface area contributed by atoms with Crippen molar-refractivity contribution in [2.45, 2.75) is 19.0 Å². The van der Waals surface area contributed by atoms with Crippen LogP contribution in [0.15, 0.2) is 42.6 Å². The maximum atomic E-state index is 12.0. The van der Waals surface area contributed by atoms with Crippen LogP contribution in [0.5, 0.6) is 17.4 Å². The Labute approximate surface area is 164 Å². The quantitative estimate of drug-likeness (QED) is 0.676. The van der Waals surface area contributed by atoms with Gasteiger partial charge in [0, 0.05) is 18.8 Å². The van der Waals surface area contributed by atoms with Crippen LogP contribution in [-0.4, -0.2) is 36.1 Å². The molecule has 2 rings (SSSR count). The van der Waals surface area contributed by atoms with E-state index in [1.54, 1.807) is 43.3 Å². The van der Waals surface area contributed by atoms with E-state index in [0.717, 1.165) is 17.1 Å². The first-order valence-electron chi connectivity index (χ1n) is 7.91. The number of hydrogen-bond donors (Lipinski definition) is 2. The Morgan fingerprint density at radius 3 is 2.62 bits per heavy atom. The van der Waals surface area contributed by atoms with Gasteiger partial charge in [-0.05, 0) is 54.3 Å². The third kappa shape index (κ3) is 7.11. The van der Waals surface area contributed by atoms with Crippen molar-refractivity contribution in [2.24, 2.45) is 5.73 Å². The average Bonchev–Trinajstić information content (AvgIpc) is 2.65. The van der Waals surface area contributed by atoms with Crippen LogP contribution < -0.4 is 20.5 Å². The molecular weight excluding hydrogens is 374 g/mol. The number of aromatic nitrogens is 1. The first-order chi connectivity index (χ1) is 12.1. The van der Waals surface area contributed by atoms with Crippen LogP contribution in [0.25, 0.3) is 0 Å². The fraction of sp³-hybridized carbons (Fsp3) is 0.333. The summed E-state index contributed by atoms with van der Waals surface area (Å²) in [6, 6.07) is 10.4. The molecule has 6 nitrogen and oxygen atoms in total. The van der Waals surface area contributed by atoms with Gasteiger partial charge in [-0.3, -0.25) is 4.79 Å². The summed E-state index contributed by atoms with van der Waals surface area (Å²) < 4.78 is 10.8. The van der Waals surface area contributed by atoms with Crippen molar-refractivity contribution in [3.63, 3.8) is 0 Å². The molecule has 0 unspecified atom stereocenters. The minimum Gasteiger partial charge on any atom is -0.497 e. The van der Waals surface area contributed by atoms with E-state index >= 15 is 0 Å². The number of methoxy groups -OCH3 is 1. The molecule has 0 aliphatic rings. The standard InChI is InChI=1S/C18H23N3O3S.ClH/c1-23-14-3-5-15(6-4-14)24-17-11-13(7-9-20-17)12-21-18(22)16(19)8-10-25-2;/h3-7,9,11,16H,8,10,12,19H2,1-2H3,(H,21,22);1H/t16-;/m0./s1. The van der Waals surface area contributed by atoms with Crippen molar-refractivity contribution < 1.29 is 14.3 Å².